The van der Waals surface area contributed by atoms with E-state index in [1.54, 1.807) is 0 Å². The normalized spacial score (nSPS) is 14.4. The maximum absolute atomic E-state index is 12.2. The fourth-order valence-corrected chi connectivity index (χ4v) is 3.92. The number of aryl methyl sites for hydroxylation is 2. The molecule has 1 fully saturated rings. The van der Waals surface area contributed by atoms with Gasteiger partial charge in [0.05, 0.1) is 0 Å². The number of carbonyl (C=O) groups is 1. The fourth-order valence-electron chi connectivity index (χ4n) is 3.02. The van der Waals surface area contributed by atoms with Gasteiger partial charge in [0.15, 0.2) is 5.82 Å². The minimum Gasteiger partial charge on any atom is -0.370 e. The Morgan fingerprint density at radius 3 is 2.79 bits per heavy atom. The van der Waals surface area contributed by atoms with Crippen LogP contribution in [0.3, 0.4) is 0 Å². The zero-order chi connectivity index (χ0) is 19.9. The van der Waals surface area contributed by atoms with Crippen LogP contribution >= 0.6 is 11.8 Å². The SMILES string of the molecule is Cc1cc(N2CCSCC2)ccc1NC(=O)NCCCc1nc(C(C)C)no1. The molecule has 1 aromatic carbocycles. The molecule has 3 rings (SSSR count). The van der Waals surface area contributed by atoms with E-state index in [9.17, 15) is 4.79 Å². The van der Waals surface area contributed by atoms with E-state index in [-0.39, 0.29) is 11.9 Å². The zero-order valence-electron chi connectivity index (χ0n) is 16.8. The first-order valence-corrected chi connectivity index (χ1v) is 11.0. The molecule has 152 valence electrons. The van der Waals surface area contributed by atoms with Crippen molar-refractivity contribution >= 4 is 29.2 Å². The van der Waals surface area contributed by atoms with E-state index in [0.29, 0.717) is 18.9 Å². The Hall–Kier alpha value is -2.22. The second-order valence-electron chi connectivity index (χ2n) is 7.28. The highest BCUT2D eigenvalue weighted by molar-refractivity contribution is 7.99. The molecule has 2 aromatic rings. The lowest BCUT2D eigenvalue weighted by atomic mass is 10.1. The molecule has 28 heavy (non-hydrogen) atoms. The van der Waals surface area contributed by atoms with Crippen LogP contribution in [0.2, 0.25) is 0 Å². The molecule has 2 heterocycles. The molecule has 0 spiro atoms. The summed E-state index contributed by atoms with van der Waals surface area (Å²) in [5.41, 5.74) is 3.13. The summed E-state index contributed by atoms with van der Waals surface area (Å²) >= 11 is 2.00. The van der Waals surface area contributed by atoms with Gasteiger partial charge in [0.2, 0.25) is 5.89 Å². The Balaban J connectivity index is 1.42. The smallest absolute Gasteiger partial charge is 0.319 e. The number of amides is 2. The molecule has 0 atom stereocenters. The summed E-state index contributed by atoms with van der Waals surface area (Å²) in [5, 5.41) is 9.76. The predicted octanol–water partition coefficient (Wildman–Crippen LogP) is 3.81. The first-order valence-electron chi connectivity index (χ1n) is 9.83. The summed E-state index contributed by atoms with van der Waals surface area (Å²) in [6.07, 6.45) is 1.40. The maximum atomic E-state index is 12.2. The molecule has 2 N–H and O–H groups in total. The second kappa shape index (κ2) is 9.82. The Bertz CT molecular complexity index is 787. The predicted molar refractivity (Wildman–Crippen MR) is 114 cm³/mol. The van der Waals surface area contributed by atoms with Gasteiger partial charge in [-0.05, 0) is 37.1 Å². The Morgan fingerprint density at radius 2 is 2.11 bits per heavy atom. The van der Waals surface area contributed by atoms with Crippen LogP contribution in [0.1, 0.15) is 43.5 Å². The Morgan fingerprint density at radius 1 is 1.32 bits per heavy atom. The second-order valence-corrected chi connectivity index (χ2v) is 8.51. The minimum atomic E-state index is -0.196. The third kappa shape index (κ3) is 5.64. The molecule has 7 nitrogen and oxygen atoms in total. The summed E-state index contributed by atoms with van der Waals surface area (Å²) < 4.78 is 5.21. The molecule has 0 unspecified atom stereocenters. The van der Waals surface area contributed by atoms with Crippen molar-refractivity contribution in [3.8, 4) is 0 Å². The average molecular weight is 404 g/mol. The summed E-state index contributed by atoms with van der Waals surface area (Å²) in [5.74, 6) is 3.94. The number of hydrogen-bond donors (Lipinski definition) is 2. The zero-order valence-corrected chi connectivity index (χ0v) is 17.6. The van der Waals surface area contributed by atoms with Crippen molar-refractivity contribution in [2.24, 2.45) is 0 Å². The Kier molecular flexibility index (Phi) is 7.19. The maximum Gasteiger partial charge on any atom is 0.319 e. The van der Waals surface area contributed by atoms with E-state index in [4.69, 9.17) is 4.52 Å². The lowest BCUT2D eigenvalue weighted by molar-refractivity contribution is 0.251. The van der Waals surface area contributed by atoms with Crippen molar-refractivity contribution in [2.75, 3.05) is 41.4 Å². The number of hydrogen-bond acceptors (Lipinski definition) is 6. The summed E-state index contributed by atoms with van der Waals surface area (Å²) in [7, 11) is 0. The van der Waals surface area contributed by atoms with Crippen molar-refractivity contribution in [2.45, 2.75) is 39.5 Å². The molecule has 1 saturated heterocycles. The molecule has 0 aliphatic carbocycles. The number of thioether (sulfide) groups is 1. The lowest BCUT2D eigenvalue weighted by Gasteiger charge is -2.29. The van der Waals surface area contributed by atoms with E-state index in [0.717, 1.165) is 36.6 Å². The van der Waals surface area contributed by atoms with Crippen LogP contribution in [0, 0.1) is 6.92 Å². The number of aromatic nitrogens is 2. The average Bonchev–Trinajstić information content (AvgIpc) is 3.17. The molecular weight excluding hydrogens is 374 g/mol. The fraction of sp³-hybridized carbons (Fsp3) is 0.550. The standard InChI is InChI=1S/C20H29N5O2S/c1-14(2)19-23-18(27-24-19)5-4-8-21-20(26)22-17-7-6-16(13-15(17)3)25-9-11-28-12-10-25/h6-7,13-14H,4-5,8-12H2,1-3H3,(H2,21,22,26). The number of carbonyl (C=O) groups excluding carboxylic acids is 1. The molecule has 0 bridgehead atoms. The van der Waals surface area contributed by atoms with Gasteiger partial charge in [0, 0.05) is 54.9 Å². The van der Waals surface area contributed by atoms with Gasteiger partial charge < -0.3 is 20.1 Å². The largest absolute Gasteiger partial charge is 0.370 e. The van der Waals surface area contributed by atoms with Crippen LogP contribution in [-0.4, -0.2) is 47.3 Å². The van der Waals surface area contributed by atoms with E-state index in [2.05, 4.69) is 37.8 Å². The monoisotopic (exact) mass is 403 g/mol. The number of urea groups is 1. The van der Waals surface area contributed by atoms with Crippen LogP contribution in [0.4, 0.5) is 16.2 Å². The number of rotatable bonds is 7. The molecule has 0 saturated carbocycles. The van der Waals surface area contributed by atoms with Crippen LogP contribution in [0.5, 0.6) is 0 Å². The molecule has 1 aliphatic heterocycles. The van der Waals surface area contributed by atoms with Crippen LogP contribution in [0.15, 0.2) is 22.7 Å². The van der Waals surface area contributed by atoms with Crippen molar-refractivity contribution in [1.82, 2.24) is 15.5 Å². The molecule has 1 aliphatic rings. The highest BCUT2D eigenvalue weighted by Crippen LogP contribution is 2.25. The number of benzene rings is 1. The summed E-state index contributed by atoms with van der Waals surface area (Å²) in [6, 6.07) is 6.02. The van der Waals surface area contributed by atoms with Gasteiger partial charge in [-0.2, -0.15) is 16.7 Å². The third-order valence-electron chi connectivity index (χ3n) is 4.69. The van der Waals surface area contributed by atoms with Crippen molar-refractivity contribution in [3.05, 3.63) is 35.5 Å². The number of nitrogens with one attached hydrogen (secondary N) is 2. The van der Waals surface area contributed by atoms with Gasteiger partial charge in [0.25, 0.3) is 0 Å². The van der Waals surface area contributed by atoms with Crippen molar-refractivity contribution in [1.29, 1.82) is 0 Å². The summed E-state index contributed by atoms with van der Waals surface area (Å²) in [6.45, 7) is 8.79. The topological polar surface area (TPSA) is 83.3 Å². The van der Waals surface area contributed by atoms with Crippen LogP contribution in [-0.2, 0) is 6.42 Å². The third-order valence-corrected chi connectivity index (χ3v) is 5.63. The highest BCUT2D eigenvalue weighted by atomic mass is 32.2. The number of nitrogens with zero attached hydrogens (tertiary/aromatic N) is 3. The quantitative estimate of drug-likeness (QED) is 0.684. The van der Waals surface area contributed by atoms with Gasteiger partial charge in [0.1, 0.15) is 0 Å². The molecular formula is C20H29N5O2S. The van der Waals surface area contributed by atoms with E-state index in [1.807, 2.05) is 38.6 Å². The van der Waals surface area contributed by atoms with Crippen LogP contribution < -0.4 is 15.5 Å². The molecule has 1 aromatic heterocycles. The highest BCUT2D eigenvalue weighted by Gasteiger charge is 2.13. The van der Waals surface area contributed by atoms with Gasteiger partial charge in [-0.3, -0.25) is 0 Å². The number of anilines is 2. The van der Waals surface area contributed by atoms with Gasteiger partial charge in [-0.25, -0.2) is 4.79 Å². The summed E-state index contributed by atoms with van der Waals surface area (Å²) in [4.78, 5) is 18.9. The molecule has 8 heteroatoms. The van der Waals surface area contributed by atoms with E-state index >= 15 is 0 Å². The van der Waals surface area contributed by atoms with Crippen molar-refractivity contribution < 1.29 is 9.32 Å². The Labute approximate surface area is 170 Å². The minimum absolute atomic E-state index is 0.196. The van der Waals surface area contributed by atoms with E-state index < -0.39 is 0 Å². The first kappa shape index (κ1) is 20.5. The van der Waals surface area contributed by atoms with Crippen LogP contribution in [0.25, 0.3) is 0 Å². The molecule has 0 radical (unpaired) electrons. The van der Waals surface area contributed by atoms with Gasteiger partial charge in [-0.1, -0.05) is 19.0 Å². The van der Waals surface area contributed by atoms with E-state index in [1.165, 1.54) is 17.2 Å². The lowest BCUT2D eigenvalue weighted by Crippen LogP contribution is -2.32. The van der Waals surface area contributed by atoms with Gasteiger partial charge in [-0.15, -0.1) is 0 Å². The molecule has 2 amide bonds. The van der Waals surface area contributed by atoms with Crippen molar-refractivity contribution in [3.63, 3.8) is 0 Å². The van der Waals surface area contributed by atoms with Gasteiger partial charge >= 0.3 is 6.03 Å². The first-order chi connectivity index (χ1) is 13.5.